The van der Waals surface area contributed by atoms with Gasteiger partial charge < -0.3 is 24.5 Å². The molecule has 1 aliphatic carbocycles. The van der Waals surface area contributed by atoms with E-state index in [1.54, 1.807) is 7.05 Å². The molecule has 0 atom stereocenters. The molecule has 12 nitrogen and oxygen atoms in total. The van der Waals surface area contributed by atoms with Crippen molar-refractivity contribution in [2.24, 2.45) is 7.05 Å². The van der Waals surface area contributed by atoms with E-state index < -0.39 is 11.4 Å². The van der Waals surface area contributed by atoms with Crippen LogP contribution in [0.25, 0.3) is 28.1 Å². The molecule has 5 aromatic rings. The summed E-state index contributed by atoms with van der Waals surface area (Å²) in [5.74, 6) is -0.0365. The molecule has 0 saturated heterocycles. The number of nitrogens with one attached hydrogen (secondary N) is 2. The Hall–Kier alpha value is -5.00. The topological polar surface area (TPSA) is 142 Å². The van der Waals surface area contributed by atoms with Crippen LogP contribution in [0.3, 0.4) is 0 Å². The van der Waals surface area contributed by atoms with Gasteiger partial charge in [-0.2, -0.15) is 4.80 Å². The molecule has 1 fully saturated rings. The van der Waals surface area contributed by atoms with E-state index in [1.807, 2.05) is 54.6 Å². The fourth-order valence-electron chi connectivity index (χ4n) is 4.37. The van der Waals surface area contributed by atoms with Crippen molar-refractivity contribution in [1.29, 1.82) is 0 Å². The monoisotopic (exact) mass is 512 g/mol. The average molecular weight is 513 g/mol. The summed E-state index contributed by atoms with van der Waals surface area (Å²) in [6, 6.07) is 19.4. The number of hydrogen-bond acceptors (Lipinski definition) is 8. The first-order valence-electron chi connectivity index (χ1n) is 12.0. The molecule has 2 aromatic carbocycles. The van der Waals surface area contributed by atoms with Gasteiger partial charge in [0.1, 0.15) is 5.54 Å². The molecule has 6 rings (SSSR count). The predicted octanol–water partition coefficient (Wildman–Crippen LogP) is 2.40. The number of carbonyl (C=O) groups is 2. The van der Waals surface area contributed by atoms with Crippen molar-refractivity contribution < 1.29 is 18.8 Å². The molecule has 12 heteroatoms. The number of benzene rings is 2. The van der Waals surface area contributed by atoms with Crippen molar-refractivity contribution in [1.82, 2.24) is 40.6 Å². The zero-order valence-electron chi connectivity index (χ0n) is 20.7. The number of aryl methyl sites for hydroxylation is 1. The summed E-state index contributed by atoms with van der Waals surface area (Å²) in [5, 5.41) is 22.9. The second-order valence-corrected chi connectivity index (χ2v) is 9.15. The third-order valence-electron chi connectivity index (χ3n) is 6.55. The van der Waals surface area contributed by atoms with Gasteiger partial charge in [0.15, 0.2) is 0 Å². The van der Waals surface area contributed by atoms with Gasteiger partial charge in [-0.1, -0.05) is 30.3 Å². The summed E-state index contributed by atoms with van der Waals surface area (Å²) in [6.45, 7) is 0.317. The molecular weight excluding hydrogens is 488 g/mol. The van der Waals surface area contributed by atoms with E-state index in [9.17, 15) is 9.59 Å². The van der Waals surface area contributed by atoms with E-state index in [1.165, 1.54) is 18.0 Å². The second kappa shape index (κ2) is 9.14. The molecule has 3 heterocycles. The molecule has 192 valence electrons. The number of para-hydroxylation sites is 1. The summed E-state index contributed by atoms with van der Waals surface area (Å²) in [5.41, 5.74) is 2.75. The van der Waals surface area contributed by atoms with Gasteiger partial charge >= 0.3 is 0 Å². The lowest BCUT2D eigenvalue weighted by atomic mass is 10.1. The van der Waals surface area contributed by atoms with Gasteiger partial charge in [-0.25, -0.2) is 0 Å². The maximum atomic E-state index is 12.9. The van der Waals surface area contributed by atoms with Crippen LogP contribution in [0.5, 0.6) is 5.88 Å². The number of amides is 2. The molecule has 3 aromatic heterocycles. The summed E-state index contributed by atoms with van der Waals surface area (Å²) in [6.07, 6.45) is 1.10. The van der Waals surface area contributed by atoms with Gasteiger partial charge in [0, 0.05) is 17.6 Å². The molecule has 2 N–H and O–H groups in total. The van der Waals surface area contributed by atoms with Crippen LogP contribution in [-0.2, 0) is 18.4 Å². The first kappa shape index (κ1) is 23.4. The van der Waals surface area contributed by atoms with Gasteiger partial charge in [0.25, 0.3) is 11.8 Å². The van der Waals surface area contributed by atoms with Crippen LogP contribution in [0.2, 0.25) is 0 Å². The Morgan fingerprint density at radius 2 is 1.89 bits per heavy atom. The molecule has 0 bridgehead atoms. The Labute approximate surface area is 216 Å². The fourth-order valence-corrected chi connectivity index (χ4v) is 4.37. The molecule has 1 saturated carbocycles. The highest BCUT2D eigenvalue weighted by Crippen LogP contribution is 2.36. The smallest absolute Gasteiger partial charge is 0.290 e. The van der Waals surface area contributed by atoms with Gasteiger partial charge in [-0.15, -0.1) is 10.2 Å². The van der Waals surface area contributed by atoms with E-state index >= 15 is 0 Å². The highest BCUT2D eigenvalue weighted by Gasteiger charge is 2.51. The lowest BCUT2D eigenvalue weighted by Crippen LogP contribution is -2.48. The Balaban J connectivity index is 1.16. The standard InChI is InChI=1S/C26H24N8O4/c1-33-30-23(29-32-33)20-13-17-5-3-4-6-19(17)34(20)18-9-7-16(8-10-18)15-27-25(36)26(11-12-26)28-24(35)21-14-22(37-2)31-38-21/h3-10,13-14H,11-12,15H2,1-2H3,(H,27,36)(H,28,35). The van der Waals surface area contributed by atoms with E-state index in [-0.39, 0.29) is 17.5 Å². The van der Waals surface area contributed by atoms with Gasteiger partial charge in [0.2, 0.25) is 17.5 Å². The number of aromatic nitrogens is 6. The number of fused-ring (bicyclic) bond motifs is 1. The largest absolute Gasteiger partial charge is 0.479 e. The molecule has 0 aliphatic heterocycles. The van der Waals surface area contributed by atoms with Crippen molar-refractivity contribution in [3.63, 3.8) is 0 Å². The molecule has 0 radical (unpaired) electrons. The van der Waals surface area contributed by atoms with Gasteiger partial charge in [-0.3, -0.25) is 9.59 Å². The Bertz CT molecular complexity index is 1650. The van der Waals surface area contributed by atoms with Crippen LogP contribution in [0.15, 0.2) is 65.2 Å². The Kier molecular flexibility index (Phi) is 5.63. The number of nitrogens with zero attached hydrogens (tertiary/aromatic N) is 6. The molecule has 0 unspecified atom stereocenters. The lowest BCUT2D eigenvalue weighted by Gasteiger charge is -2.16. The van der Waals surface area contributed by atoms with Crippen molar-refractivity contribution in [2.45, 2.75) is 24.9 Å². The van der Waals surface area contributed by atoms with E-state index in [0.717, 1.165) is 27.8 Å². The summed E-state index contributed by atoms with van der Waals surface area (Å²) in [4.78, 5) is 26.8. The summed E-state index contributed by atoms with van der Waals surface area (Å²) >= 11 is 0. The SMILES string of the molecule is COc1cc(C(=O)NC2(C(=O)NCc3ccc(-n4c(-c5nnn(C)n5)cc5ccccc54)cc3)CC2)on1. The number of rotatable bonds is 8. The Morgan fingerprint density at radius 1 is 1.11 bits per heavy atom. The zero-order chi connectivity index (χ0) is 26.3. The normalized spacial score (nSPS) is 13.8. The zero-order valence-corrected chi connectivity index (χ0v) is 20.7. The minimum absolute atomic E-state index is 0.00916. The minimum atomic E-state index is -0.945. The van der Waals surface area contributed by atoms with Crippen LogP contribution < -0.4 is 15.4 Å². The summed E-state index contributed by atoms with van der Waals surface area (Å²) in [7, 11) is 3.16. The van der Waals surface area contributed by atoms with E-state index in [0.29, 0.717) is 25.2 Å². The highest BCUT2D eigenvalue weighted by atomic mass is 16.5. The lowest BCUT2D eigenvalue weighted by molar-refractivity contribution is -0.124. The maximum Gasteiger partial charge on any atom is 0.290 e. The third-order valence-corrected chi connectivity index (χ3v) is 6.55. The Morgan fingerprint density at radius 3 is 2.58 bits per heavy atom. The predicted molar refractivity (Wildman–Crippen MR) is 135 cm³/mol. The first-order valence-corrected chi connectivity index (χ1v) is 12.0. The molecule has 1 aliphatic rings. The average Bonchev–Trinajstić information content (AvgIpc) is 3.27. The van der Waals surface area contributed by atoms with Crippen LogP contribution in [0.1, 0.15) is 29.0 Å². The molecule has 38 heavy (non-hydrogen) atoms. The van der Waals surface area contributed by atoms with E-state index in [2.05, 4.69) is 35.8 Å². The van der Waals surface area contributed by atoms with Gasteiger partial charge in [-0.05, 0) is 53.0 Å². The maximum absolute atomic E-state index is 12.9. The van der Waals surface area contributed by atoms with Crippen molar-refractivity contribution in [3.05, 3.63) is 72.0 Å². The van der Waals surface area contributed by atoms with Crippen LogP contribution in [0.4, 0.5) is 0 Å². The van der Waals surface area contributed by atoms with Crippen molar-refractivity contribution in [2.75, 3.05) is 7.11 Å². The molecule has 0 spiro atoms. The van der Waals surface area contributed by atoms with Gasteiger partial charge in [0.05, 0.1) is 31.4 Å². The highest BCUT2D eigenvalue weighted by molar-refractivity contribution is 5.99. The minimum Gasteiger partial charge on any atom is -0.479 e. The van der Waals surface area contributed by atoms with Crippen LogP contribution in [-0.4, -0.2) is 54.4 Å². The fraction of sp³-hybridized carbons (Fsp3) is 0.231. The quantitative estimate of drug-likeness (QED) is 0.323. The van der Waals surface area contributed by atoms with Crippen molar-refractivity contribution >= 4 is 22.7 Å². The second-order valence-electron chi connectivity index (χ2n) is 9.15. The van der Waals surface area contributed by atoms with Crippen LogP contribution in [0, 0.1) is 0 Å². The van der Waals surface area contributed by atoms with Crippen LogP contribution >= 0.6 is 0 Å². The molecule has 2 amide bonds. The number of tetrazole rings is 1. The third kappa shape index (κ3) is 4.25. The summed E-state index contributed by atoms with van der Waals surface area (Å²) < 4.78 is 12.0. The number of methoxy groups -OCH3 is 1. The number of carbonyl (C=O) groups excluding carboxylic acids is 2. The van der Waals surface area contributed by atoms with Crippen molar-refractivity contribution in [3.8, 4) is 23.1 Å². The first-order chi connectivity index (χ1) is 18.5. The van der Waals surface area contributed by atoms with E-state index in [4.69, 9.17) is 9.26 Å². The number of ether oxygens (including phenoxy) is 1. The molecular formula is C26H24N8O4. The number of hydrogen-bond donors (Lipinski definition) is 2.